The first-order valence-corrected chi connectivity index (χ1v) is 10.2. The van der Waals surface area contributed by atoms with E-state index >= 15 is 0 Å². The number of aliphatic carboxylic acids is 1. The Bertz CT molecular complexity index is 551. The van der Waals surface area contributed by atoms with Crippen molar-refractivity contribution in [3.8, 4) is 0 Å². The zero-order chi connectivity index (χ0) is 17.1. The number of carbonyl (C=O) groups is 2. The van der Waals surface area contributed by atoms with Crippen LogP contribution in [0.1, 0.15) is 44.9 Å². The molecular weight excluding hydrogens is 318 g/mol. The molecule has 1 unspecified atom stereocenters. The van der Waals surface area contributed by atoms with Crippen molar-refractivity contribution in [2.45, 2.75) is 51.0 Å². The van der Waals surface area contributed by atoms with E-state index in [1.165, 1.54) is 0 Å². The number of likely N-dealkylation sites (tertiary alicyclic amines) is 1. The molecule has 0 spiro atoms. The number of nitrogens with zero attached hydrogens (tertiary/aromatic N) is 1. The van der Waals surface area contributed by atoms with E-state index in [0.29, 0.717) is 6.42 Å². The van der Waals surface area contributed by atoms with Gasteiger partial charge in [-0.3, -0.25) is 14.4 Å². The Balaban J connectivity index is 1.89. The maximum absolute atomic E-state index is 12.7. The van der Waals surface area contributed by atoms with Crippen molar-refractivity contribution in [3.05, 3.63) is 0 Å². The van der Waals surface area contributed by atoms with Crippen molar-refractivity contribution < 1.29 is 18.9 Å². The Morgan fingerprint density at radius 3 is 2.30 bits per heavy atom. The summed E-state index contributed by atoms with van der Waals surface area (Å²) in [6, 6.07) is -1.08. The number of hydrogen-bond donors (Lipinski definition) is 3. The highest BCUT2D eigenvalue weighted by Crippen LogP contribution is 2.46. The molecule has 8 heteroatoms. The largest absolute Gasteiger partial charge is 0.480 e. The van der Waals surface area contributed by atoms with Gasteiger partial charge in [-0.1, -0.05) is 6.42 Å². The summed E-state index contributed by atoms with van der Waals surface area (Å²) in [4.78, 5) is 25.3. The van der Waals surface area contributed by atoms with E-state index in [0.717, 1.165) is 45.2 Å². The molecule has 0 aromatic rings. The Kier molecular flexibility index (Phi) is 5.67. The van der Waals surface area contributed by atoms with Crippen LogP contribution in [0, 0.1) is 10.2 Å². The minimum atomic E-state index is -2.89. The van der Waals surface area contributed by atoms with E-state index < -0.39 is 27.2 Å². The van der Waals surface area contributed by atoms with Gasteiger partial charge in [-0.25, -0.2) is 4.21 Å². The molecule has 23 heavy (non-hydrogen) atoms. The highest BCUT2D eigenvalue weighted by molar-refractivity contribution is 7.92. The Morgan fingerprint density at radius 2 is 1.83 bits per heavy atom. The first-order valence-electron chi connectivity index (χ1n) is 8.28. The van der Waals surface area contributed by atoms with Crippen LogP contribution in [-0.2, 0) is 19.3 Å². The smallest absolute Gasteiger partial charge is 0.320 e. The minimum absolute atomic E-state index is 0.0194. The van der Waals surface area contributed by atoms with Crippen LogP contribution < -0.4 is 5.73 Å². The quantitative estimate of drug-likeness (QED) is 0.606. The van der Waals surface area contributed by atoms with Crippen molar-refractivity contribution >= 4 is 21.6 Å². The van der Waals surface area contributed by atoms with Crippen LogP contribution >= 0.6 is 0 Å². The van der Waals surface area contributed by atoms with Crippen molar-refractivity contribution in [2.24, 2.45) is 11.1 Å². The molecule has 1 saturated carbocycles. The van der Waals surface area contributed by atoms with E-state index in [4.69, 9.17) is 15.6 Å². The maximum atomic E-state index is 12.7. The van der Waals surface area contributed by atoms with E-state index in [-0.39, 0.29) is 23.8 Å². The fourth-order valence-corrected chi connectivity index (χ4v) is 4.89. The second-order valence-electron chi connectivity index (χ2n) is 6.84. The van der Waals surface area contributed by atoms with Crippen molar-refractivity contribution in [2.75, 3.05) is 24.6 Å². The number of amides is 1. The standard InChI is InChI=1S/C15H27N3O4S/c16-12(13(19)20)4-10-23(17,22)11-7-15(5-3-6-15)14(21)18-8-1-2-9-18/h12,17H,1-11,16H2,(H,19,20)/t12-,23?/m0/s1. The zero-order valence-electron chi connectivity index (χ0n) is 13.5. The normalized spacial score (nSPS) is 23.8. The predicted octanol–water partition coefficient (Wildman–Crippen LogP) is 1.02. The van der Waals surface area contributed by atoms with Crippen LogP contribution in [0.15, 0.2) is 0 Å². The lowest BCUT2D eigenvalue weighted by Crippen LogP contribution is -2.47. The van der Waals surface area contributed by atoms with Gasteiger partial charge in [-0.05, 0) is 38.5 Å². The Hall–Kier alpha value is -1.15. The van der Waals surface area contributed by atoms with Crippen LogP contribution in [0.4, 0.5) is 0 Å². The summed E-state index contributed by atoms with van der Waals surface area (Å²) in [5, 5.41) is 8.75. The lowest BCUT2D eigenvalue weighted by atomic mass is 9.66. The van der Waals surface area contributed by atoms with E-state index in [1.54, 1.807) is 0 Å². The molecule has 1 aliphatic carbocycles. The van der Waals surface area contributed by atoms with Crippen LogP contribution in [0.5, 0.6) is 0 Å². The highest BCUT2D eigenvalue weighted by atomic mass is 32.2. The second-order valence-corrected chi connectivity index (χ2v) is 9.28. The molecule has 0 aromatic carbocycles. The number of nitrogens with one attached hydrogen (secondary N) is 1. The number of hydrogen-bond acceptors (Lipinski definition) is 5. The summed E-state index contributed by atoms with van der Waals surface area (Å²) in [7, 11) is -2.89. The number of carboxylic acids is 1. The van der Waals surface area contributed by atoms with E-state index in [1.807, 2.05) is 4.90 Å². The molecule has 1 heterocycles. The third-order valence-corrected chi connectivity index (χ3v) is 6.90. The molecule has 2 fully saturated rings. The maximum Gasteiger partial charge on any atom is 0.320 e. The van der Waals surface area contributed by atoms with Gasteiger partial charge in [0.15, 0.2) is 0 Å². The van der Waals surface area contributed by atoms with Gasteiger partial charge in [-0.2, -0.15) is 0 Å². The van der Waals surface area contributed by atoms with Gasteiger partial charge in [-0.15, -0.1) is 0 Å². The molecule has 1 amide bonds. The molecule has 7 nitrogen and oxygen atoms in total. The van der Waals surface area contributed by atoms with Crippen molar-refractivity contribution in [1.82, 2.24) is 4.90 Å². The molecule has 2 aliphatic rings. The summed E-state index contributed by atoms with van der Waals surface area (Å²) in [6.07, 6.45) is 5.22. The summed E-state index contributed by atoms with van der Waals surface area (Å²) in [5.74, 6) is -0.841. The SMILES string of the molecule is N=S(=O)(CC[C@H](N)C(=O)O)CCC1(C(=O)N2CCCC2)CCC1. The molecule has 1 aliphatic heterocycles. The average Bonchev–Trinajstić information content (AvgIpc) is 2.97. The summed E-state index contributed by atoms with van der Waals surface area (Å²) < 4.78 is 20.3. The van der Waals surface area contributed by atoms with E-state index in [9.17, 15) is 13.8 Å². The number of rotatable bonds is 8. The van der Waals surface area contributed by atoms with Gasteiger partial charge >= 0.3 is 5.97 Å². The Morgan fingerprint density at radius 1 is 1.22 bits per heavy atom. The van der Waals surface area contributed by atoms with Crippen LogP contribution in [0.2, 0.25) is 0 Å². The lowest BCUT2D eigenvalue weighted by Gasteiger charge is -2.43. The van der Waals surface area contributed by atoms with Gasteiger partial charge < -0.3 is 15.7 Å². The van der Waals surface area contributed by atoms with E-state index in [2.05, 4.69) is 0 Å². The fourth-order valence-electron chi connectivity index (χ4n) is 3.33. The molecule has 2 rings (SSSR count). The first kappa shape index (κ1) is 18.2. The van der Waals surface area contributed by atoms with Crippen LogP contribution in [0.25, 0.3) is 0 Å². The molecule has 0 bridgehead atoms. The number of nitrogens with two attached hydrogens (primary N) is 1. The fraction of sp³-hybridized carbons (Fsp3) is 0.867. The van der Waals surface area contributed by atoms with Gasteiger partial charge in [0.05, 0.1) is 5.41 Å². The summed E-state index contributed by atoms with van der Waals surface area (Å²) in [6.45, 7) is 1.62. The topological polar surface area (TPSA) is 125 Å². The molecular formula is C15H27N3O4S. The van der Waals surface area contributed by atoms with Crippen LogP contribution in [-0.4, -0.2) is 56.7 Å². The monoisotopic (exact) mass is 345 g/mol. The van der Waals surface area contributed by atoms with Crippen molar-refractivity contribution in [1.29, 1.82) is 4.78 Å². The minimum Gasteiger partial charge on any atom is -0.480 e. The first-order chi connectivity index (χ1) is 10.8. The molecule has 132 valence electrons. The van der Waals surface area contributed by atoms with Gasteiger partial charge in [0.2, 0.25) is 5.91 Å². The lowest BCUT2D eigenvalue weighted by molar-refractivity contribution is -0.146. The number of carbonyl (C=O) groups excluding carboxylic acids is 1. The van der Waals surface area contributed by atoms with Gasteiger partial charge in [0, 0.05) is 34.3 Å². The molecule has 1 saturated heterocycles. The highest BCUT2D eigenvalue weighted by Gasteiger charge is 2.46. The van der Waals surface area contributed by atoms with Gasteiger partial charge in [0.25, 0.3) is 0 Å². The predicted molar refractivity (Wildman–Crippen MR) is 87.5 cm³/mol. The zero-order valence-corrected chi connectivity index (χ0v) is 14.3. The molecule has 2 atom stereocenters. The summed E-state index contributed by atoms with van der Waals surface area (Å²) in [5.41, 5.74) is 4.98. The molecule has 0 aromatic heterocycles. The molecule has 0 radical (unpaired) electrons. The number of carboxylic acid groups (broad SMARTS) is 1. The average molecular weight is 345 g/mol. The Labute approximate surface area is 137 Å². The second kappa shape index (κ2) is 7.17. The third-order valence-electron chi connectivity index (χ3n) is 5.14. The third kappa shape index (κ3) is 4.44. The van der Waals surface area contributed by atoms with Crippen molar-refractivity contribution in [3.63, 3.8) is 0 Å². The molecule has 4 N–H and O–H groups in total. The van der Waals surface area contributed by atoms with Crippen LogP contribution in [0.3, 0.4) is 0 Å². The van der Waals surface area contributed by atoms with Gasteiger partial charge in [0.1, 0.15) is 6.04 Å². The summed E-state index contributed by atoms with van der Waals surface area (Å²) >= 11 is 0.